The second-order valence-electron chi connectivity index (χ2n) is 7.59. The van der Waals surface area contributed by atoms with E-state index in [0.717, 1.165) is 36.5 Å². The van der Waals surface area contributed by atoms with E-state index in [2.05, 4.69) is 19.3 Å². The van der Waals surface area contributed by atoms with Crippen LogP contribution in [0.2, 0.25) is 0 Å². The van der Waals surface area contributed by atoms with Gasteiger partial charge >= 0.3 is 0 Å². The zero-order valence-electron chi connectivity index (χ0n) is 13.1. The molecule has 3 heteroatoms. The minimum atomic E-state index is -0.0927. The largest absolute Gasteiger partial charge is 0.393 e. The lowest BCUT2D eigenvalue weighted by Gasteiger charge is -2.62. The van der Waals surface area contributed by atoms with Crippen molar-refractivity contribution < 1.29 is 5.11 Å². The van der Waals surface area contributed by atoms with Crippen LogP contribution in [0.25, 0.3) is 0 Å². The highest BCUT2D eigenvalue weighted by atomic mass is 35.5. The first kappa shape index (κ1) is 16.6. The molecule has 0 radical (unpaired) electrons. The Labute approximate surface area is 130 Å². The average Bonchev–Trinajstić information content (AvgIpc) is 2.40. The summed E-state index contributed by atoms with van der Waals surface area (Å²) in [6, 6.07) is 0. The van der Waals surface area contributed by atoms with Crippen LogP contribution < -0.4 is 5.32 Å². The van der Waals surface area contributed by atoms with Gasteiger partial charge in [-0.2, -0.15) is 0 Å². The molecule has 4 rings (SSSR count). The van der Waals surface area contributed by atoms with Gasteiger partial charge in [-0.3, -0.25) is 0 Å². The van der Waals surface area contributed by atoms with E-state index in [1.165, 1.54) is 44.9 Å². The van der Waals surface area contributed by atoms with Gasteiger partial charge in [-0.25, -0.2) is 0 Å². The maximum atomic E-state index is 10.4. The molecule has 0 heterocycles. The van der Waals surface area contributed by atoms with Gasteiger partial charge in [0.25, 0.3) is 0 Å². The van der Waals surface area contributed by atoms with E-state index in [0.29, 0.717) is 0 Å². The van der Waals surface area contributed by atoms with Crippen molar-refractivity contribution in [2.45, 2.75) is 76.4 Å². The van der Waals surface area contributed by atoms with Crippen LogP contribution >= 0.6 is 12.4 Å². The second kappa shape index (κ2) is 6.54. The number of nitrogens with one attached hydrogen (secondary N) is 1. The molecule has 0 spiro atoms. The zero-order valence-corrected chi connectivity index (χ0v) is 13.9. The molecule has 0 aromatic rings. The molecular weight excluding hydrogens is 270 g/mol. The van der Waals surface area contributed by atoms with Gasteiger partial charge < -0.3 is 10.4 Å². The monoisotopic (exact) mass is 301 g/mol. The van der Waals surface area contributed by atoms with Crippen LogP contribution in [-0.4, -0.2) is 23.8 Å². The first-order chi connectivity index (χ1) is 9.18. The molecule has 4 saturated carbocycles. The standard InChI is InChI=1S/C17H31NO.ClH/c1-3-4-5-16(19)11-17(18-2)14-7-12-6-13(9-14)10-15(17)8-12;/h12-16,18-19H,3-11H2,1-2H3;1H. The first-order valence-corrected chi connectivity index (χ1v) is 8.55. The van der Waals surface area contributed by atoms with Crippen LogP contribution in [0.15, 0.2) is 0 Å². The molecular formula is C17H32ClNO. The number of aliphatic hydroxyl groups is 1. The van der Waals surface area contributed by atoms with Crippen molar-refractivity contribution in [2.24, 2.45) is 23.7 Å². The van der Waals surface area contributed by atoms with E-state index in [1.807, 2.05) is 0 Å². The molecule has 4 fully saturated rings. The minimum Gasteiger partial charge on any atom is -0.393 e. The van der Waals surface area contributed by atoms with Gasteiger partial charge in [0.1, 0.15) is 0 Å². The molecule has 1 unspecified atom stereocenters. The predicted molar refractivity (Wildman–Crippen MR) is 86.2 cm³/mol. The number of rotatable bonds is 6. The van der Waals surface area contributed by atoms with Crippen molar-refractivity contribution in [1.29, 1.82) is 0 Å². The van der Waals surface area contributed by atoms with Gasteiger partial charge in [0.15, 0.2) is 0 Å². The summed E-state index contributed by atoms with van der Waals surface area (Å²) in [6.45, 7) is 2.21. The van der Waals surface area contributed by atoms with Crippen LogP contribution in [-0.2, 0) is 0 Å². The summed E-state index contributed by atoms with van der Waals surface area (Å²) < 4.78 is 0. The Kier molecular flexibility index (Phi) is 5.42. The molecule has 0 aliphatic heterocycles. The number of aliphatic hydroxyl groups excluding tert-OH is 1. The molecule has 0 amide bonds. The Morgan fingerprint density at radius 3 is 2.10 bits per heavy atom. The second-order valence-corrected chi connectivity index (χ2v) is 7.59. The smallest absolute Gasteiger partial charge is 0.0558 e. The van der Waals surface area contributed by atoms with Crippen molar-refractivity contribution in [3.05, 3.63) is 0 Å². The quantitative estimate of drug-likeness (QED) is 0.783. The molecule has 4 aliphatic carbocycles. The van der Waals surface area contributed by atoms with Crippen LogP contribution in [0.3, 0.4) is 0 Å². The fourth-order valence-electron chi connectivity index (χ4n) is 5.80. The summed E-state index contributed by atoms with van der Waals surface area (Å²) in [5.41, 5.74) is 0.264. The fraction of sp³-hybridized carbons (Fsp3) is 1.00. The van der Waals surface area contributed by atoms with E-state index >= 15 is 0 Å². The maximum Gasteiger partial charge on any atom is 0.0558 e. The van der Waals surface area contributed by atoms with Gasteiger partial charge in [0, 0.05) is 5.54 Å². The molecule has 0 aromatic heterocycles. The highest BCUT2D eigenvalue weighted by Gasteiger charge is 2.56. The minimum absolute atomic E-state index is 0. The van der Waals surface area contributed by atoms with Crippen molar-refractivity contribution in [3.63, 3.8) is 0 Å². The van der Waals surface area contributed by atoms with Gasteiger partial charge in [-0.05, 0) is 75.7 Å². The topological polar surface area (TPSA) is 32.3 Å². The summed E-state index contributed by atoms with van der Waals surface area (Å²) >= 11 is 0. The highest BCUT2D eigenvalue weighted by molar-refractivity contribution is 5.85. The third kappa shape index (κ3) is 2.76. The Balaban J connectivity index is 0.00000147. The Bertz CT molecular complexity index is 292. The van der Waals surface area contributed by atoms with E-state index in [1.54, 1.807) is 0 Å². The lowest BCUT2D eigenvalue weighted by atomic mass is 9.47. The number of hydrogen-bond donors (Lipinski definition) is 2. The van der Waals surface area contributed by atoms with Crippen LogP contribution in [0.4, 0.5) is 0 Å². The van der Waals surface area contributed by atoms with Gasteiger partial charge in [0.2, 0.25) is 0 Å². The Morgan fingerprint density at radius 1 is 1.10 bits per heavy atom. The lowest BCUT2D eigenvalue weighted by molar-refractivity contribution is -0.0893. The third-order valence-corrected chi connectivity index (χ3v) is 6.52. The van der Waals surface area contributed by atoms with E-state index in [9.17, 15) is 5.11 Å². The zero-order chi connectivity index (χ0) is 13.5. The third-order valence-electron chi connectivity index (χ3n) is 6.52. The van der Waals surface area contributed by atoms with Gasteiger partial charge in [-0.1, -0.05) is 19.8 Å². The van der Waals surface area contributed by atoms with Crippen molar-refractivity contribution in [1.82, 2.24) is 5.32 Å². The molecule has 4 bridgehead atoms. The number of unbranched alkanes of at least 4 members (excludes halogenated alkanes) is 1. The lowest BCUT2D eigenvalue weighted by Crippen LogP contribution is -2.65. The number of halogens is 1. The predicted octanol–water partition coefficient (Wildman–Crippen LogP) is 3.76. The molecule has 1 atom stereocenters. The SMILES string of the molecule is CCCCC(O)CC1(NC)C2CC3CC(C2)CC1C3.Cl. The Morgan fingerprint density at radius 2 is 1.65 bits per heavy atom. The molecule has 0 aromatic carbocycles. The highest BCUT2D eigenvalue weighted by Crippen LogP contribution is 2.59. The van der Waals surface area contributed by atoms with E-state index in [4.69, 9.17) is 0 Å². The van der Waals surface area contributed by atoms with Gasteiger partial charge in [-0.15, -0.1) is 12.4 Å². The molecule has 118 valence electrons. The van der Waals surface area contributed by atoms with Crippen molar-refractivity contribution in [2.75, 3.05) is 7.05 Å². The number of hydrogen-bond acceptors (Lipinski definition) is 2. The summed E-state index contributed by atoms with van der Waals surface area (Å²) in [7, 11) is 2.15. The summed E-state index contributed by atoms with van der Waals surface area (Å²) in [5, 5.41) is 14.1. The molecule has 0 saturated heterocycles. The van der Waals surface area contributed by atoms with Crippen LogP contribution in [0, 0.1) is 23.7 Å². The van der Waals surface area contributed by atoms with Crippen LogP contribution in [0.1, 0.15) is 64.7 Å². The normalized spacial score (nSPS) is 43.4. The van der Waals surface area contributed by atoms with E-state index < -0.39 is 0 Å². The fourth-order valence-corrected chi connectivity index (χ4v) is 5.80. The average molecular weight is 302 g/mol. The summed E-state index contributed by atoms with van der Waals surface area (Å²) in [5.74, 6) is 3.70. The summed E-state index contributed by atoms with van der Waals surface area (Å²) in [4.78, 5) is 0. The maximum absolute atomic E-state index is 10.4. The van der Waals surface area contributed by atoms with Crippen molar-refractivity contribution in [3.8, 4) is 0 Å². The molecule has 2 N–H and O–H groups in total. The first-order valence-electron chi connectivity index (χ1n) is 8.55. The molecule has 2 nitrogen and oxygen atoms in total. The summed E-state index contributed by atoms with van der Waals surface area (Å²) in [6.07, 6.45) is 11.5. The molecule has 4 aliphatic rings. The van der Waals surface area contributed by atoms with Gasteiger partial charge in [0.05, 0.1) is 6.10 Å². The Hall–Kier alpha value is 0.210. The van der Waals surface area contributed by atoms with Crippen LogP contribution in [0.5, 0.6) is 0 Å². The van der Waals surface area contributed by atoms with Crippen molar-refractivity contribution >= 4 is 12.4 Å². The van der Waals surface area contributed by atoms with E-state index in [-0.39, 0.29) is 24.0 Å². The molecule has 20 heavy (non-hydrogen) atoms.